The van der Waals surface area contributed by atoms with Crippen molar-refractivity contribution in [2.24, 2.45) is 5.10 Å². The van der Waals surface area contributed by atoms with Gasteiger partial charge in [0.15, 0.2) is 0 Å². The predicted octanol–water partition coefficient (Wildman–Crippen LogP) is 0.574. The molecule has 12 heavy (non-hydrogen) atoms. The average Bonchev–Trinajstić information content (AvgIpc) is 2.00. The SMILES string of the molecule is C=CCCC(=O)N/N=C/N(C)C. The lowest BCUT2D eigenvalue weighted by atomic mass is 10.3. The number of hydrogen-bond donors (Lipinski definition) is 1. The monoisotopic (exact) mass is 169 g/mol. The molecule has 0 saturated heterocycles. The van der Waals surface area contributed by atoms with E-state index in [1.54, 1.807) is 11.0 Å². The first-order valence-electron chi connectivity index (χ1n) is 3.76. The zero-order valence-electron chi connectivity index (χ0n) is 7.58. The molecule has 0 aliphatic heterocycles. The Morgan fingerprint density at radius 3 is 2.83 bits per heavy atom. The second-order valence-corrected chi connectivity index (χ2v) is 2.57. The fraction of sp³-hybridized carbons (Fsp3) is 0.500. The summed E-state index contributed by atoms with van der Waals surface area (Å²) in [6.07, 6.45) is 4.36. The maximum atomic E-state index is 10.9. The van der Waals surface area contributed by atoms with E-state index in [2.05, 4.69) is 17.1 Å². The van der Waals surface area contributed by atoms with Gasteiger partial charge in [-0.05, 0) is 6.42 Å². The molecular weight excluding hydrogens is 154 g/mol. The average molecular weight is 169 g/mol. The van der Waals surface area contributed by atoms with Gasteiger partial charge < -0.3 is 4.90 Å². The van der Waals surface area contributed by atoms with Crippen LogP contribution in [0.15, 0.2) is 17.8 Å². The standard InChI is InChI=1S/C8H15N3O/c1-4-5-6-8(12)10-9-7-11(2)3/h4,7H,1,5-6H2,2-3H3,(H,10,12)/b9-7+. The molecule has 0 rings (SSSR count). The van der Waals surface area contributed by atoms with Crippen molar-refractivity contribution in [3.63, 3.8) is 0 Å². The number of carbonyl (C=O) groups is 1. The smallest absolute Gasteiger partial charge is 0.240 e. The zero-order valence-corrected chi connectivity index (χ0v) is 7.58. The van der Waals surface area contributed by atoms with Crippen LogP contribution in [0.1, 0.15) is 12.8 Å². The van der Waals surface area contributed by atoms with Gasteiger partial charge in [0.1, 0.15) is 6.34 Å². The quantitative estimate of drug-likeness (QED) is 0.283. The maximum Gasteiger partial charge on any atom is 0.240 e. The third-order valence-corrected chi connectivity index (χ3v) is 1.05. The fourth-order valence-electron chi connectivity index (χ4n) is 0.505. The summed E-state index contributed by atoms with van der Waals surface area (Å²) in [6, 6.07) is 0. The fourth-order valence-corrected chi connectivity index (χ4v) is 0.505. The van der Waals surface area contributed by atoms with Crippen LogP contribution in [0.2, 0.25) is 0 Å². The molecule has 68 valence electrons. The van der Waals surface area contributed by atoms with Crippen molar-refractivity contribution in [2.75, 3.05) is 14.1 Å². The van der Waals surface area contributed by atoms with E-state index in [1.807, 2.05) is 14.1 Å². The molecule has 0 spiro atoms. The van der Waals surface area contributed by atoms with Gasteiger partial charge >= 0.3 is 0 Å². The van der Waals surface area contributed by atoms with E-state index in [-0.39, 0.29) is 5.91 Å². The molecule has 4 heteroatoms. The summed E-state index contributed by atoms with van der Waals surface area (Å²) in [6.45, 7) is 3.51. The van der Waals surface area contributed by atoms with Gasteiger partial charge in [-0.3, -0.25) is 4.79 Å². The molecule has 0 bridgehead atoms. The molecule has 0 saturated carbocycles. The molecule has 0 aromatic rings. The molecule has 0 fully saturated rings. The van der Waals surface area contributed by atoms with Crippen molar-refractivity contribution in [3.8, 4) is 0 Å². The van der Waals surface area contributed by atoms with Crippen molar-refractivity contribution in [2.45, 2.75) is 12.8 Å². The summed E-state index contributed by atoms with van der Waals surface area (Å²) in [5.41, 5.74) is 2.39. The summed E-state index contributed by atoms with van der Waals surface area (Å²) >= 11 is 0. The van der Waals surface area contributed by atoms with Gasteiger partial charge in [0.2, 0.25) is 5.91 Å². The van der Waals surface area contributed by atoms with Gasteiger partial charge in [0.05, 0.1) is 0 Å². The van der Waals surface area contributed by atoms with Crippen molar-refractivity contribution < 1.29 is 4.79 Å². The van der Waals surface area contributed by atoms with Crippen molar-refractivity contribution >= 4 is 12.2 Å². The van der Waals surface area contributed by atoms with E-state index in [9.17, 15) is 4.79 Å². The highest BCUT2D eigenvalue weighted by molar-refractivity contribution is 5.76. The number of hydrogen-bond acceptors (Lipinski definition) is 2. The van der Waals surface area contributed by atoms with E-state index < -0.39 is 0 Å². The van der Waals surface area contributed by atoms with Gasteiger partial charge in [0, 0.05) is 20.5 Å². The summed E-state index contributed by atoms with van der Waals surface area (Å²) in [4.78, 5) is 12.6. The molecule has 1 N–H and O–H groups in total. The van der Waals surface area contributed by atoms with E-state index in [0.717, 1.165) is 0 Å². The first kappa shape index (κ1) is 10.7. The number of amides is 1. The Labute approximate surface area is 72.9 Å². The van der Waals surface area contributed by atoms with Crippen LogP contribution in [0.4, 0.5) is 0 Å². The lowest BCUT2D eigenvalue weighted by molar-refractivity contribution is -0.121. The molecule has 0 aromatic carbocycles. The molecular formula is C8H15N3O. The van der Waals surface area contributed by atoms with Crippen molar-refractivity contribution in [1.29, 1.82) is 0 Å². The topological polar surface area (TPSA) is 44.7 Å². The summed E-state index contributed by atoms with van der Waals surface area (Å²) in [5, 5.41) is 3.69. The molecule has 1 amide bonds. The molecule has 0 radical (unpaired) electrons. The molecule has 0 aromatic heterocycles. The maximum absolute atomic E-state index is 10.9. The highest BCUT2D eigenvalue weighted by Crippen LogP contribution is 1.87. The van der Waals surface area contributed by atoms with Crippen LogP contribution in [0, 0.1) is 0 Å². The minimum atomic E-state index is -0.0898. The number of nitrogens with one attached hydrogen (secondary N) is 1. The normalized spacial score (nSPS) is 9.83. The second-order valence-electron chi connectivity index (χ2n) is 2.57. The minimum absolute atomic E-state index is 0.0898. The largest absolute Gasteiger partial charge is 0.367 e. The Balaban J connectivity index is 3.49. The Morgan fingerprint density at radius 1 is 1.67 bits per heavy atom. The van der Waals surface area contributed by atoms with Gasteiger partial charge in [-0.1, -0.05) is 6.08 Å². The van der Waals surface area contributed by atoms with Crippen LogP contribution < -0.4 is 5.43 Å². The predicted molar refractivity (Wildman–Crippen MR) is 49.8 cm³/mol. The van der Waals surface area contributed by atoms with Gasteiger partial charge in [-0.25, -0.2) is 5.43 Å². The van der Waals surface area contributed by atoms with E-state index in [4.69, 9.17) is 0 Å². The van der Waals surface area contributed by atoms with E-state index in [1.165, 1.54) is 6.34 Å². The van der Waals surface area contributed by atoms with Crippen molar-refractivity contribution in [1.82, 2.24) is 10.3 Å². The van der Waals surface area contributed by atoms with Crippen molar-refractivity contribution in [3.05, 3.63) is 12.7 Å². The van der Waals surface area contributed by atoms with Crippen LogP contribution in [0.3, 0.4) is 0 Å². The molecule has 0 heterocycles. The summed E-state index contributed by atoms with van der Waals surface area (Å²) in [5.74, 6) is -0.0898. The Hall–Kier alpha value is -1.32. The zero-order chi connectivity index (χ0) is 9.40. The molecule has 0 aliphatic carbocycles. The first-order chi connectivity index (χ1) is 5.66. The number of hydrazone groups is 1. The summed E-state index contributed by atoms with van der Waals surface area (Å²) < 4.78 is 0. The Morgan fingerprint density at radius 2 is 2.33 bits per heavy atom. The summed E-state index contributed by atoms with van der Waals surface area (Å²) in [7, 11) is 3.67. The van der Waals surface area contributed by atoms with Gasteiger partial charge in [0.25, 0.3) is 0 Å². The number of nitrogens with zero attached hydrogens (tertiary/aromatic N) is 2. The lowest BCUT2D eigenvalue weighted by Gasteiger charge is -2.02. The van der Waals surface area contributed by atoms with Crippen LogP contribution in [0.25, 0.3) is 0 Å². The molecule has 0 aliphatic rings. The van der Waals surface area contributed by atoms with Crippen LogP contribution in [0.5, 0.6) is 0 Å². The highest BCUT2D eigenvalue weighted by Gasteiger charge is 1.94. The first-order valence-corrected chi connectivity index (χ1v) is 3.76. The third kappa shape index (κ3) is 6.80. The van der Waals surface area contributed by atoms with E-state index in [0.29, 0.717) is 12.8 Å². The van der Waals surface area contributed by atoms with Gasteiger partial charge in [-0.2, -0.15) is 5.10 Å². The highest BCUT2D eigenvalue weighted by atomic mass is 16.2. The Kier molecular flexibility index (Phi) is 5.69. The molecule has 0 atom stereocenters. The number of rotatable bonds is 5. The van der Waals surface area contributed by atoms with E-state index >= 15 is 0 Å². The van der Waals surface area contributed by atoms with Crippen LogP contribution in [-0.4, -0.2) is 31.2 Å². The van der Waals surface area contributed by atoms with Crippen LogP contribution in [-0.2, 0) is 4.79 Å². The molecule has 4 nitrogen and oxygen atoms in total. The number of allylic oxidation sites excluding steroid dienone is 1. The minimum Gasteiger partial charge on any atom is -0.367 e. The van der Waals surface area contributed by atoms with Crippen LogP contribution >= 0.6 is 0 Å². The third-order valence-electron chi connectivity index (χ3n) is 1.05. The molecule has 0 unspecified atom stereocenters. The lowest BCUT2D eigenvalue weighted by Crippen LogP contribution is -2.19. The number of carbonyl (C=O) groups excluding carboxylic acids is 1. The van der Waals surface area contributed by atoms with Gasteiger partial charge in [-0.15, -0.1) is 6.58 Å². The Bertz CT molecular complexity index is 175. The second kappa shape index (κ2) is 6.39.